The molecule has 0 aromatic heterocycles. The summed E-state index contributed by atoms with van der Waals surface area (Å²) in [6.45, 7) is 4.90. The van der Waals surface area contributed by atoms with E-state index >= 15 is 0 Å². The molecule has 0 radical (unpaired) electrons. The number of hydrogen-bond acceptors (Lipinski definition) is 3. The van der Waals surface area contributed by atoms with Crippen molar-refractivity contribution in [2.45, 2.75) is 38.0 Å². The molecule has 4 nitrogen and oxygen atoms in total. The van der Waals surface area contributed by atoms with Crippen LogP contribution in [0.15, 0.2) is 23.1 Å². The molecule has 21 heavy (non-hydrogen) atoms. The summed E-state index contributed by atoms with van der Waals surface area (Å²) in [6, 6.07) is 4.84. The van der Waals surface area contributed by atoms with Crippen LogP contribution in [0.5, 0.6) is 0 Å². The molecule has 0 unspecified atom stereocenters. The van der Waals surface area contributed by atoms with Gasteiger partial charge in [0, 0.05) is 24.7 Å². The van der Waals surface area contributed by atoms with Gasteiger partial charge in [0.1, 0.15) is 0 Å². The molecule has 1 heterocycles. The summed E-state index contributed by atoms with van der Waals surface area (Å²) in [5.41, 5.74) is 0.733. The van der Waals surface area contributed by atoms with Crippen LogP contribution in [0, 0.1) is 12.3 Å². The van der Waals surface area contributed by atoms with Crippen LogP contribution in [0.25, 0.3) is 0 Å². The van der Waals surface area contributed by atoms with Crippen LogP contribution < -0.4 is 0 Å². The Hall–Kier alpha value is -0.620. The van der Waals surface area contributed by atoms with Gasteiger partial charge in [-0.15, -0.1) is 0 Å². The van der Waals surface area contributed by atoms with Gasteiger partial charge in [-0.3, -0.25) is 0 Å². The van der Waals surface area contributed by atoms with Gasteiger partial charge >= 0.3 is 0 Å². The number of aliphatic hydroxyl groups is 1. The molecule has 0 atom stereocenters. The second-order valence-corrected chi connectivity index (χ2v) is 8.17. The van der Waals surface area contributed by atoms with Gasteiger partial charge in [-0.25, -0.2) is 8.42 Å². The predicted octanol–water partition coefficient (Wildman–Crippen LogP) is 2.82. The summed E-state index contributed by atoms with van der Waals surface area (Å²) in [5.74, 6) is 0. The van der Waals surface area contributed by atoms with Gasteiger partial charge in [0.25, 0.3) is 0 Å². The Kier molecular flexibility index (Phi) is 4.98. The van der Waals surface area contributed by atoms with E-state index in [0.29, 0.717) is 31.0 Å². The fourth-order valence-corrected chi connectivity index (χ4v) is 4.42. The predicted molar refractivity (Wildman–Crippen MR) is 84.0 cm³/mol. The first-order valence-corrected chi connectivity index (χ1v) is 9.04. The number of sulfonamides is 1. The van der Waals surface area contributed by atoms with E-state index < -0.39 is 10.0 Å². The Morgan fingerprint density at radius 1 is 1.33 bits per heavy atom. The van der Waals surface area contributed by atoms with Crippen LogP contribution in [-0.4, -0.2) is 37.5 Å². The lowest BCUT2D eigenvalue weighted by Gasteiger charge is -2.39. The third-order valence-electron chi connectivity index (χ3n) is 4.65. The van der Waals surface area contributed by atoms with E-state index in [2.05, 4.69) is 0 Å². The molecule has 1 saturated heterocycles. The number of aryl methyl sites for hydroxylation is 1. The van der Waals surface area contributed by atoms with Gasteiger partial charge < -0.3 is 5.11 Å². The smallest absolute Gasteiger partial charge is 0.243 e. The van der Waals surface area contributed by atoms with Crippen molar-refractivity contribution in [2.75, 3.05) is 19.7 Å². The minimum absolute atomic E-state index is 0.119. The number of halogens is 1. The Morgan fingerprint density at radius 2 is 1.95 bits per heavy atom. The molecule has 6 heteroatoms. The maximum atomic E-state index is 12.6. The van der Waals surface area contributed by atoms with Crippen molar-refractivity contribution in [3.05, 3.63) is 28.8 Å². The molecule has 1 aromatic carbocycles. The van der Waals surface area contributed by atoms with E-state index in [1.807, 2.05) is 13.8 Å². The molecule has 1 aliphatic heterocycles. The highest BCUT2D eigenvalue weighted by Crippen LogP contribution is 2.36. The highest BCUT2D eigenvalue weighted by molar-refractivity contribution is 7.89. The van der Waals surface area contributed by atoms with Crippen LogP contribution >= 0.6 is 11.6 Å². The molecule has 1 aliphatic rings. The molecule has 1 fully saturated rings. The van der Waals surface area contributed by atoms with Gasteiger partial charge in [0.05, 0.1) is 4.90 Å². The molecule has 0 bridgehead atoms. The van der Waals surface area contributed by atoms with Crippen LogP contribution in [0.3, 0.4) is 0 Å². The number of rotatable bonds is 4. The zero-order valence-electron chi connectivity index (χ0n) is 12.5. The van der Waals surface area contributed by atoms with Gasteiger partial charge in [-0.1, -0.05) is 24.6 Å². The second kappa shape index (κ2) is 6.24. The fourth-order valence-electron chi connectivity index (χ4n) is 2.71. The fraction of sp³-hybridized carbons (Fsp3) is 0.600. The van der Waals surface area contributed by atoms with Crippen molar-refractivity contribution in [2.24, 2.45) is 5.41 Å². The molecule has 2 rings (SSSR count). The van der Waals surface area contributed by atoms with Crippen LogP contribution in [0.2, 0.25) is 5.02 Å². The van der Waals surface area contributed by atoms with Crippen molar-refractivity contribution < 1.29 is 13.5 Å². The van der Waals surface area contributed by atoms with Crippen LogP contribution in [0.4, 0.5) is 0 Å². The lowest BCUT2D eigenvalue weighted by atomic mass is 9.77. The quantitative estimate of drug-likeness (QED) is 0.923. The van der Waals surface area contributed by atoms with E-state index in [0.717, 1.165) is 12.0 Å². The Balaban J connectivity index is 2.20. The largest absolute Gasteiger partial charge is 0.396 e. The lowest BCUT2D eigenvalue weighted by molar-refractivity contribution is 0.0647. The Bertz CT molecular complexity index is 601. The van der Waals surface area contributed by atoms with Crippen molar-refractivity contribution in [3.63, 3.8) is 0 Å². The minimum Gasteiger partial charge on any atom is -0.396 e. The van der Waals surface area contributed by atoms with Gasteiger partial charge in [-0.2, -0.15) is 4.31 Å². The number of piperidine rings is 1. The maximum Gasteiger partial charge on any atom is 0.243 e. The summed E-state index contributed by atoms with van der Waals surface area (Å²) in [5, 5.41) is 9.99. The standard InChI is InChI=1S/C15H22ClNO3S/c1-3-15(11-18)6-8-17(9-7-15)21(19,20)13-5-4-12(2)14(16)10-13/h4-5,10,18H,3,6-9,11H2,1-2H3. The first kappa shape index (κ1) is 16.7. The third-order valence-corrected chi connectivity index (χ3v) is 6.95. The maximum absolute atomic E-state index is 12.6. The van der Waals surface area contributed by atoms with E-state index in [9.17, 15) is 13.5 Å². The lowest BCUT2D eigenvalue weighted by Crippen LogP contribution is -2.44. The minimum atomic E-state index is -3.50. The SMILES string of the molecule is CCC1(CO)CCN(S(=O)(=O)c2ccc(C)c(Cl)c2)CC1. The highest BCUT2D eigenvalue weighted by Gasteiger charge is 2.37. The van der Waals surface area contributed by atoms with Crippen LogP contribution in [-0.2, 0) is 10.0 Å². The Morgan fingerprint density at radius 3 is 2.43 bits per heavy atom. The van der Waals surface area contributed by atoms with Crippen molar-refractivity contribution in [3.8, 4) is 0 Å². The monoisotopic (exact) mass is 331 g/mol. The van der Waals surface area contributed by atoms with Crippen molar-refractivity contribution in [1.29, 1.82) is 0 Å². The second-order valence-electron chi connectivity index (χ2n) is 5.83. The molecule has 0 spiro atoms. The summed E-state index contributed by atoms with van der Waals surface area (Å²) in [4.78, 5) is 0.242. The molecule has 118 valence electrons. The molecule has 1 N–H and O–H groups in total. The van der Waals surface area contributed by atoms with E-state index in [1.54, 1.807) is 12.1 Å². The number of aliphatic hydroxyl groups excluding tert-OH is 1. The van der Waals surface area contributed by atoms with E-state index in [4.69, 9.17) is 11.6 Å². The van der Waals surface area contributed by atoms with Gasteiger partial charge in [0.15, 0.2) is 0 Å². The van der Waals surface area contributed by atoms with Crippen molar-refractivity contribution in [1.82, 2.24) is 4.31 Å². The summed E-state index contributed by atoms with van der Waals surface area (Å²) >= 11 is 6.03. The van der Waals surface area contributed by atoms with E-state index in [-0.39, 0.29) is 16.9 Å². The summed E-state index contributed by atoms with van der Waals surface area (Å²) in [6.07, 6.45) is 2.26. The molecule has 0 amide bonds. The summed E-state index contributed by atoms with van der Waals surface area (Å²) in [7, 11) is -3.50. The molecule has 0 saturated carbocycles. The first-order valence-electron chi connectivity index (χ1n) is 7.22. The highest BCUT2D eigenvalue weighted by atomic mass is 35.5. The summed E-state index contributed by atoms with van der Waals surface area (Å²) < 4.78 is 26.8. The third kappa shape index (κ3) is 3.26. The topological polar surface area (TPSA) is 57.6 Å². The molecular weight excluding hydrogens is 310 g/mol. The number of benzene rings is 1. The average Bonchev–Trinajstić information content (AvgIpc) is 2.50. The molecule has 0 aliphatic carbocycles. The van der Waals surface area contributed by atoms with E-state index in [1.165, 1.54) is 10.4 Å². The zero-order valence-corrected chi connectivity index (χ0v) is 14.0. The number of hydrogen-bond donors (Lipinski definition) is 1. The molecule has 1 aromatic rings. The zero-order chi connectivity index (χ0) is 15.7. The Labute approximate surface area is 131 Å². The normalized spacial score (nSPS) is 19.6. The van der Waals surface area contributed by atoms with Crippen molar-refractivity contribution >= 4 is 21.6 Å². The van der Waals surface area contributed by atoms with Gasteiger partial charge in [-0.05, 0) is 49.3 Å². The molecular formula is C15H22ClNO3S. The average molecular weight is 332 g/mol. The van der Waals surface area contributed by atoms with Gasteiger partial charge in [0.2, 0.25) is 10.0 Å². The number of nitrogens with zero attached hydrogens (tertiary/aromatic N) is 1. The van der Waals surface area contributed by atoms with Crippen LogP contribution in [0.1, 0.15) is 31.7 Å². The first-order chi connectivity index (χ1) is 9.84.